The first-order chi connectivity index (χ1) is 42.8. The molecule has 2 atom stereocenters. The highest BCUT2D eigenvalue weighted by Crippen LogP contribution is 2.45. The van der Waals surface area contributed by atoms with Crippen molar-refractivity contribution in [3.05, 3.63) is 265 Å². The van der Waals surface area contributed by atoms with E-state index in [2.05, 4.69) is 227 Å². The number of hydrogen-bond acceptors (Lipinski definition) is 7. The first-order valence-corrected chi connectivity index (χ1v) is 31.6. The van der Waals surface area contributed by atoms with Crippen LogP contribution < -0.4 is 30.1 Å². The van der Waals surface area contributed by atoms with Gasteiger partial charge in [0.15, 0.2) is 23.0 Å². The number of quaternary nitrogens is 1. The lowest BCUT2D eigenvalue weighted by Gasteiger charge is -2.44. The Morgan fingerprint density at radius 2 is 0.852 bits per heavy atom. The molecule has 7 aromatic carbocycles. The highest BCUT2D eigenvalue weighted by Gasteiger charge is 2.38. The van der Waals surface area contributed by atoms with Gasteiger partial charge in [0.2, 0.25) is 0 Å². The Hall–Kier alpha value is -8.70. The molecular formula is C78H85N4O6+. The number of piperidine rings is 2. The number of likely N-dealkylation sites (tertiary alicyclic amines) is 2. The second-order valence-electron chi connectivity index (χ2n) is 24.0. The van der Waals surface area contributed by atoms with E-state index < -0.39 is 0 Å². The van der Waals surface area contributed by atoms with Crippen LogP contribution in [-0.2, 0) is 12.8 Å². The summed E-state index contributed by atoms with van der Waals surface area (Å²) in [6, 6.07) is 62.0. The fourth-order valence-electron chi connectivity index (χ4n) is 13.7. The van der Waals surface area contributed by atoms with E-state index >= 15 is 0 Å². The smallest absolute Gasteiger partial charge is 0.251 e. The van der Waals surface area contributed by atoms with Crippen molar-refractivity contribution in [2.45, 2.75) is 71.6 Å². The maximum absolute atomic E-state index is 12.6. The number of ether oxygens (including phenoxy) is 4. The van der Waals surface area contributed by atoms with E-state index in [1.165, 1.54) is 38.9 Å². The van der Waals surface area contributed by atoms with Crippen LogP contribution in [0.25, 0.3) is 40.0 Å². The number of fused-ring (bicyclic) bond motifs is 4. The Morgan fingerprint density at radius 3 is 1.28 bits per heavy atom. The van der Waals surface area contributed by atoms with E-state index in [1.54, 1.807) is 0 Å². The highest BCUT2D eigenvalue weighted by atomic mass is 16.6. The number of nitrogens with one attached hydrogen (secondary N) is 2. The first kappa shape index (κ1) is 61.0. The zero-order valence-electron chi connectivity index (χ0n) is 50.4. The molecule has 2 unspecified atom stereocenters. The van der Waals surface area contributed by atoms with Crippen LogP contribution in [0, 0.1) is 11.8 Å². The minimum atomic E-state index is 0. The van der Waals surface area contributed by atoms with Crippen LogP contribution in [0.5, 0.6) is 23.0 Å². The summed E-state index contributed by atoms with van der Waals surface area (Å²) in [5, 5.41) is 2.18. The molecule has 2 fully saturated rings. The summed E-state index contributed by atoms with van der Waals surface area (Å²) >= 11 is 0. The third kappa shape index (κ3) is 14.6. The van der Waals surface area contributed by atoms with Gasteiger partial charge in [-0.1, -0.05) is 161 Å². The fourth-order valence-corrected chi connectivity index (χ4v) is 13.7. The third-order valence-electron chi connectivity index (χ3n) is 18.4. The summed E-state index contributed by atoms with van der Waals surface area (Å²) < 4.78 is 24.8. The quantitative estimate of drug-likeness (QED) is 0.0875. The van der Waals surface area contributed by atoms with Gasteiger partial charge in [-0.2, -0.15) is 0 Å². The number of hydrogen-bond donors (Lipinski definition) is 2. The van der Waals surface area contributed by atoms with E-state index in [4.69, 9.17) is 18.9 Å². The van der Waals surface area contributed by atoms with Crippen molar-refractivity contribution < 1.29 is 23.4 Å². The summed E-state index contributed by atoms with van der Waals surface area (Å²) in [6.45, 7) is 13.7. The maximum Gasteiger partial charge on any atom is 0.251 e. The van der Waals surface area contributed by atoms with Gasteiger partial charge in [-0.15, -0.1) is 0 Å². The molecule has 9 aromatic rings. The molecule has 0 saturated carbocycles. The molecule has 452 valence electrons. The van der Waals surface area contributed by atoms with Crippen molar-refractivity contribution in [1.29, 1.82) is 0 Å². The van der Waals surface area contributed by atoms with E-state index in [-0.39, 0.29) is 30.4 Å². The van der Waals surface area contributed by atoms with Crippen LogP contribution in [0.3, 0.4) is 0 Å². The molecule has 4 aliphatic heterocycles. The largest absolute Gasteiger partial charge is 0.486 e. The molecule has 0 amide bonds. The topological polar surface area (TPSA) is 106 Å². The molecule has 0 aliphatic carbocycles. The Morgan fingerprint density at radius 1 is 0.466 bits per heavy atom. The lowest BCUT2D eigenvalue weighted by atomic mass is 9.75. The number of H-pyrrole nitrogens is 2. The number of pyridine rings is 2. The third-order valence-corrected chi connectivity index (χ3v) is 18.4. The molecular weight excluding hydrogens is 1090 g/mol. The van der Waals surface area contributed by atoms with E-state index in [0.29, 0.717) is 44.7 Å². The Kier molecular flexibility index (Phi) is 20.0. The Labute approximate surface area is 519 Å². The number of aryl methyl sites for hydroxylation is 2. The maximum atomic E-state index is 12.6. The second kappa shape index (κ2) is 28.9. The number of aromatic amines is 2. The van der Waals surface area contributed by atoms with Gasteiger partial charge in [0.1, 0.15) is 26.4 Å². The summed E-state index contributed by atoms with van der Waals surface area (Å²) in [5.74, 6) is 4.72. The average Bonchev–Trinajstić information content (AvgIpc) is 1.57. The lowest BCUT2D eigenvalue weighted by Crippen LogP contribution is -2.53. The molecule has 2 N–H and O–H groups in total. The number of aromatic nitrogens is 2. The van der Waals surface area contributed by atoms with Gasteiger partial charge >= 0.3 is 0 Å². The summed E-state index contributed by atoms with van der Waals surface area (Å²) in [4.78, 5) is 33.7. The first-order valence-electron chi connectivity index (χ1n) is 31.6. The van der Waals surface area contributed by atoms with E-state index in [1.807, 2.05) is 13.8 Å². The van der Waals surface area contributed by atoms with Crippen LogP contribution >= 0.6 is 0 Å². The molecule has 2 saturated heterocycles. The zero-order chi connectivity index (χ0) is 59.4. The fraction of sp³-hybridized carbons (Fsp3) is 0.308. The normalized spacial score (nSPS) is 16.8. The van der Waals surface area contributed by atoms with Crippen molar-refractivity contribution in [3.8, 4) is 23.0 Å². The van der Waals surface area contributed by atoms with Gasteiger partial charge in [-0.3, -0.25) is 14.5 Å². The molecule has 4 aliphatic rings. The van der Waals surface area contributed by atoms with Gasteiger partial charge in [-0.25, -0.2) is 0 Å². The molecule has 13 rings (SSSR count). The monoisotopic (exact) mass is 1170 g/mol. The van der Waals surface area contributed by atoms with E-state index in [0.717, 1.165) is 138 Å². The minimum absolute atomic E-state index is 0. The van der Waals surface area contributed by atoms with Gasteiger partial charge in [-0.05, 0) is 173 Å². The van der Waals surface area contributed by atoms with Crippen molar-refractivity contribution in [1.82, 2.24) is 14.9 Å². The van der Waals surface area contributed by atoms with Gasteiger partial charge in [0, 0.05) is 53.4 Å². The van der Waals surface area contributed by atoms with Crippen molar-refractivity contribution >= 4 is 40.0 Å². The standard InChI is InChI=1S/C43H44N2O3.C34H36N2O3.CH4/c1-2-34-29-38-30-36(17-19-39(38)44-43(34)46)42(37-18-20-40-41(31-37)48-28-27-47-40)35-21-25-45(26-22-35,23-9-15-32-11-5-3-6-12-32)24-10-16-33-13-7-4-8-14-33;1-2-25-21-29-22-27(10-12-30(29)35-34(25)37)33(28-11-13-31-32(23-28)39-20-19-38-31)26-14-17-36(18-15-26)16-6-9-24-7-4-3-5-8-24;/h3-20,29-31,35,42H,2,21-28H2,1H3;3-13,21-23,26,33H,2,14-20H2,1H3,(H,35,37);1H4/p+1/b15-9+,16-10+;9-6+;. The molecule has 0 radical (unpaired) electrons. The van der Waals surface area contributed by atoms with Crippen LogP contribution in [0.2, 0.25) is 0 Å². The van der Waals surface area contributed by atoms with Crippen LogP contribution in [0.4, 0.5) is 0 Å². The zero-order valence-corrected chi connectivity index (χ0v) is 50.4. The van der Waals surface area contributed by atoms with Crippen LogP contribution in [0.1, 0.15) is 109 Å². The van der Waals surface area contributed by atoms with Crippen LogP contribution in [0.15, 0.2) is 204 Å². The molecule has 0 bridgehead atoms. The summed E-state index contributed by atoms with van der Waals surface area (Å²) in [7, 11) is 0. The minimum Gasteiger partial charge on any atom is -0.486 e. The number of nitrogens with zero attached hydrogens (tertiary/aromatic N) is 2. The Bertz CT molecular complexity index is 3930. The molecule has 10 heteroatoms. The lowest BCUT2D eigenvalue weighted by molar-refractivity contribution is -0.922. The predicted octanol–water partition coefficient (Wildman–Crippen LogP) is 15.7. The molecule has 88 heavy (non-hydrogen) atoms. The molecule has 6 heterocycles. The van der Waals surface area contributed by atoms with Gasteiger partial charge in [0.25, 0.3) is 11.1 Å². The SMILES string of the molecule is C.CCc1cc2cc(C(c3ccc4c(c3)OCCO4)C3CCN(C/C=C/c4ccccc4)CC3)ccc2[nH]c1=O.CCc1cc2cc(C(c3ccc4c(c3)OCCO4)C3CC[N+](C/C=C/c4ccccc4)(C/C=C/c4ccccc4)CC3)ccc2[nH]c1=O. The number of benzene rings is 7. The Balaban J connectivity index is 0.000000184. The van der Waals surface area contributed by atoms with Crippen molar-refractivity contribution in [3.63, 3.8) is 0 Å². The highest BCUT2D eigenvalue weighted by molar-refractivity contribution is 5.81. The number of rotatable bonds is 17. The van der Waals surface area contributed by atoms with Gasteiger partial charge < -0.3 is 33.4 Å². The van der Waals surface area contributed by atoms with Gasteiger partial charge in [0.05, 0.1) is 26.2 Å². The van der Waals surface area contributed by atoms with Crippen LogP contribution in [-0.4, -0.2) is 91.6 Å². The second-order valence-corrected chi connectivity index (χ2v) is 24.0. The average molecular weight is 1170 g/mol. The van der Waals surface area contributed by atoms with Crippen molar-refractivity contribution in [2.75, 3.05) is 72.2 Å². The molecule has 0 spiro atoms. The molecule has 10 nitrogen and oxygen atoms in total. The summed E-state index contributed by atoms with van der Waals surface area (Å²) in [5.41, 5.74) is 12.3. The van der Waals surface area contributed by atoms with E-state index in [9.17, 15) is 9.59 Å². The molecule has 2 aromatic heterocycles. The predicted molar refractivity (Wildman–Crippen MR) is 361 cm³/mol. The van der Waals surface area contributed by atoms with Crippen molar-refractivity contribution in [2.24, 2.45) is 11.8 Å². The summed E-state index contributed by atoms with van der Waals surface area (Å²) in [6.07, 6.45) is 19.7.